The van der Waals surface area contributed by atoms with E-state index in [1.165, 1.54) is 12.3 Å². The van der Waals surface area contributed by atoms with Gasteiger partial charge in [0.2, 0.25) is 0 Å². The Morgan fingerprint density at radius 2 is 1.73 bits per heavy atom. The number of halogens is 1. The lowest BCUT2D eigenvalue weighted by atomic mass is 10.1. The van der Waals surface area contributed by atoms with Gasteiger partial charge in [0, 0.05) is 22.2 Å². The number of carbonyl (C=O) groups excluding carboxylic acids is 2. The average Bonchev–Trinajstić information content (AvgIpc) is 2.75. The minimum Gasteiger partial charge on any atom is -0.423 e. The number of hydrogen-bond donors (Lipinski definition) is 1. The molecular formula is C24H19ClN2O3. The summed E-state index contributed by atoms with van der Waals surface area (Å²) in [6.45, 7) is 1.94. The van der Waals surface area contributed by atoms with E-state index in [1.54, 1.807) is 36.4 Å². The lowest BCUT2D eigenvalue weighted by Crippen LogP contribution is -2.17. The first-order valence-electron chi connectivity index (χ1n) is 9.16. The number of aryl methyl sites for hydroxylation is 1. The Morgan fingerprint density at radius 3 is 2.47 bits per heavy atom. The van der Waals surface area contributed by atoms with Gasteiger partial charge in [-0.15, -0.1) is 0 Å². The van der Waals surface area contributed by atoms with Crippen molar-refractivity contribution in [2.75, 3.05) is 0 Å². The van der Waals surface area contributed by atoms with E-state index in [9.17, 15) is 9.59 Å². The van der Waals surface area contributed by atoms with Crippen LogP contribution in [0.2, 0.25) is 5.02 Å². The van der Waals surface area contributed by atoms with E-state index in [1.807, 2.05) is 49.4 Å². The Hall–Kier alpha value is -3.70. The zero-order chi connectivity index (χ0) is 21.3. The van der Waals surface area contributed by atoms with Crippen molar-refractivity contribution in [3.63, 3.8) is 0 Å². The van der Waals surface area contributed by atoms with Crippen LogP contribution in [0.3, 0.4) is 0 Å². The summed E-state index contributed by atoms with van der Waals surface area (Å²) < 4.78 is 5.39. The van der Waals surface area contributed by atoms with Gasteiger partial charge in [-0.3, -0.25) is 4.79 Å². The molecule has 3 aromatic carbocycles. The van der Waals surface area contributed by atoms with Crippen molar-refractivity contribution in [1.29, 1.82) is 0 Å². The SMILES string of the molecule is Cc1ccc(C(=O)N/N=C/c2cc(Cl)ccc2OC(=O)/C=C/c2ccccc2)cc1. The number of rotatable bonds is 6. The third-order valence-corrected chi connectivity index (χ3v) is 4.31. The van der Waals surface area contributed by atoms with Gasteiger partial charge >= 0.3 is 5.97 Å². The van der Waals surface area contributed by atoms with E-state index in [4.69, 9.17) is 16.3 Å². The molecule has 30 heavy (non-hydrogen) atoms. The third-order valence-electron chi connectivity index (χ3n) is 4.08. The average molecular weight is 419 g/mol. The summed E-state index contributed by atoms with van der Waals surface area (Å²) in [7, 11) is 0. The Morgan fingerprint density at radius 1 is 1.00 bits per heavy atom. The van der Waals surface area contributed by atoms with E-state index in [0.717, 1.165) is 11.1 Å². The highest BCUT2D eigenvalue weighted by atomic mass is 35.5. The van der Waals surface area contributed by atoms with Crippen LogP contribution in [-0.4, -0.2) is 18.1 Å². The lowest BCUT2D eigenvalue weighted by Gasteiger charge is -2.06. The molecule has 0 bridgehead atoms. The predicted molar refractivity (Wildman–Crippen MR) is 119 cm³/mol. The van der Waals surface area contributed by atoms with Crippen LogP contribution in [0.25, 0.3) is 6.08 Å². The molecule has 0 spiro atoms. The number of amides is 1. The van der Waals surface area contributed by atoms with Gasteiger partial charge in [0.05, 0.1) is 6.21 Å². The number of hydrogen-bond acceptors (Lipinski definition) is 4. The molecule has 6 heteroatoms. The largest absolute Gasteiger partial charge is 0.423 e. The second kappa shape index (κ2) is 10.2. The maximum Gasteiger partial charge on any atom is 0.336 e. The zero-order valence-electron chi connectivity index (χ0n) is 16.2. The van der Waals surface area contributed by atoms with Gasteiger partial charge < -0.3 is 4.74 Å². The van der Waals surface area contributed by atoms with Crippen molar-refractivity contribution in [1.82, 2.24) is 5.43 Å². The van der Waals surface area contributed by atoms with E-state index in [-0.39, 0.29) is 11.7 Å². The minimum atomic E-state index is -0.542. The van der Waals surface area contributed by atoms with Crippen molar-refractivity contribution < 1.29 is 14.3 Å². The van der Waals surface area contributed by atoms with Crippen LogP contribution < -0.4 is 10.2 Å². The van der Waals surface area contributed by atoms with Gasteiger partial charge in [0.15, 0.2) is 0 Å². The molecule has 0 atom stereocenters. The van der Waals surface area contributed by atoms with E-state index >= 15 is 0 Å². The van der Waals surface area contributed by atoms with Gasteiger partial charge in [-0.1, -0.05) is 59.6 Å². The zero-order valence-corrected chi connectivity index (χ0v) is 17.0. The molecule has 1 amide bonds. The molecule has 0 radical (unpaired) electrons. The predicted octanol–water partition coefficient (Wildman–Crippen LogP) is 5.03. The molecule has 0 saturated heterocycles. The quantitative estimate of drug-likeness (QED) is 0.201. The highest BCUT2D eigenvalue weighted by Crippen LogP contribution is 2.22. The monoisotopic (exact) mass is 418 g/mol. The van der Waals surface area contributed by atoms with Crippen LogP contribution in [0.4, 0.5) is 0 Å². The number of esters is 1. The van der Waals surface area contributed by atoms with Crippen LogP contribution in [0.1, 0.15) is 27.0 Å². The van der Waals surface area contributed by atoms with Crippen molar-refractivity contribution in [3.8, 4) is 5.75 Å². The van der Waals surface area contributed by atoms with Crippen LogP contribution in [0.15, 0.2) is 84.0 Å². The number of nitrogens with one attached hydrogen (secondary N) is 1. The van der Waals surface area contributed by atoms with Crippen LogP contribution in [-0.2, 0) is 4.79 Å². The highest BCUT2D eigenvalue weighted by Gasteiger charge is 2.08. The molecule has 3 aromatic rings. The summed E-state index contributed by atoms with van der Waals surface area (Å²) in [5.74, 6) is -0.618. The van der Waals surface area contributed by atoms with Crippen molar-refractivity contribution in [2.24, 2.45) is 5.10 Å². The molecular weight excluding hydrogens is 400 g/mol. The lowest BCUT2D eigenvalue weighted by molar-refractivity contribution is -0.128. The van der Waals surface area contributed by atoms with Crippen LogP contribution >= 0.6 is 11.6 Å². The summed E-state index contributed by atoms with van der Waals surface area (Å²) in [5, 5.41) is 4.40. The first-order chi connectivity index (χ1) is 14.5. The maximum atomic E-state index is 12.2. The molecule has 0 aliphatic heterocycles. The van der Waals surface area contributed by atoms with Crippen LogP contribution in [0, 0.1) is 6.92 Å². The number of nitrogens with zero attached hydrogens (tertiary/aromatic N) is 1. The molecule has 1 N–H and O–H groups in total. The standard InChI is InChI=1S/C24H19ClN2O3/c1-17-7-10-19(11-8-17)24(29)27-26-16-20-15-21(25)12-13-22(20)30-23(28)14-9-18-5-3-2-4-6-18/h2-16H,1H3,(H,27,29)/b14-9+,26-16+. The normalized spacial score (nSPS) is 11.0. The smallest absolute Gasteiger partial charge is 0.336 e. The van der Waals surface area contributed by atoms with Crippen molar-refractivity contribution >= 4 is 35.8 Å². The minimum absolute atomic E-state index is 0.274. The molecule has 0 saturated carbocycles. The topological polar surface area (TPSA) is 67.8 Å². The summed E-state index contributed by atoms with van der Waals surface area (Å²) >= 11 is 6.04. The molecule has 0 aliphatic rings. The summed E-state index contributed by atoms with van der Waals surface area (Å²) in [4.78, 5) is 24.3. The molecule has 0 unspecified atom stereocenters. The van der Waals surface area contributed by atoms with Gasteiger partial charge in [-0.05, 0) is 48.9 Å². The van der Waals surface area contributed by atoms with Crippen molar-refractivity contribution in [2.45, 2.75) is 6.92 Å². The second-order valence-corrected chi connectivity index (χ2v) is 6.85. The second-order valence-electron chi connectivity index (χ2n) is 6.41. The van der Waals surface area contributed by atoms with E-state index < -0.39 is 5.97 Å². The van der Waals surface area contributed by atoms with Gasteiger partial charge in [-0.2, -0.15) is 5.10 Å². The summed E-state index contributed by atoms with van der Waals surface area (Å²) in [6, 6.07) is 21.3. The summed E-state index contributed by atoms with van der Waals surface area (Å²) in [6.07, 6.45) is 4.37. The molecule has 0 heterocycles. The summed E-state index contributed by atoms with van der Waals surface area (Å²) in [5.41, 5.74) is 5.32. The fraction of sp³-hybridized carbons (Fsp3) is 0.0417. The van der Waals surface area contributed by atoms with Gasteiger partial charge in [-0.25, -0.2) is 10.2 Å². The van der Waals surface area contributed by atoms with Crippen LogP contribution in [0.5, 0.6) is 5.75 Å². The molecule has 0 aromatic heterocycles. The molecule has 3 rings (SSSR count). The fourth-order valence-corrected chi connectivity index (χ4v) is 2.69. The fourth-order valence-electron chi connectivity index (χ4n) is 2.51. The molecule has 5 nitrogen and oxygen atoms in total. The Balaban J connectivity index is 1.67. The van der Waals surface area contributed by atoms with Gasteiger partial charge in [0.25, 0.3) is 5.91 Å². The number of ether oxygens (including phenoxy) is 1. The number of benzene rings is 3. The molecule has 150 valence electrons. The number of hydrazone groups is 1. The maximum absolute atomic E-state index is 12.2. The first kappa shape index (κ1) is 21.0. The Kier molecular flexibility index (Phi) is 7.14. The van der Waals surface area contributed by atoms with E-state index in [2.05, 4.69) is 10.5 Å². The Labute approximate surface area is 179 Å². The third kappa shape index (κ3) is 6.15. The highest BCUT2D eigenvalue weighted by molar-refractivity contribution is 6.31. The van der Waals surface area contributed by atoms with E-state index in [0.29, 0.717) is 16.1 Å². The molecule has 0 aliphatic carbocycles. The van der Waals surface area contributed by atoms with Crippen molar-refractivity contribution in [3.05, 3.63) is 106 Å². The number of carbonyl (C=O) groups is 2. The van der Waals surface area contributed by atoms with Gasteiger partial charge in [0.1, 0.15) is 5.75 Å². The first-order valence-corrected chi connectivity index (χ1v) is 9.53. The molecule has 0 fully saturated rings. The Bertz CT molecular complexity index is 1090.